The number of para-hydroxylation sites is 1. The molecule has 0 atom stereocenters. The second kappa shape index (κ2) is 16.4. The van der Waals surface area contributed by atoms with Gasteiger partial charge in [0.05, 0.1) is 0 Å². The molecule has 0 spiro atoms. The summed E-state index contributed by atoms with van der Waals surface area (Å²) in [7, 11) is 0. The van der Waals surface area contributed by atoms with Crippen molar-refractivity contribution in [2.75, 3.05) is 9.80 Å². The van der Waals surface area contributed by atoms with E-state index in [1.165, 1.54) is 92.9 Å². The van der Waals surface area contributed by atoms with Crippen LogP contribution in [0.2, 0.25) is 0 Å². The van der Waals surface area contributed by atoms with Crippen LogP contribution in [0.25, 0.3) is 76.1 Å². The third-order valence-corrected chi connectivity index (χ3v) is 13.4. The molecule has 0 aliphatic heterocycles. The lowest BCUT2D eigenvalue weighted by Gasteiger charge is -2.29. The van der Waals surface area contributed by atoms with Gasteiger partial charge in [0.2, 0.25) is 0 Å². The average Bonchev–Trinajstić information content (AvgIpc) is 3.36. The number of allylic oxidation sites excluding steroid dienone is 3. The minimum absolute atomic E-state index is 1.01. The van der Waals surface area contributed by atoms with Gasteiger partial charge in [-0.3, -0.25) is 0 Å². The van der Waals surface area contributed by atoms with Gasteiger partial charge in [0, 0.05) is 34.1 Å². The van der Waals surface area contributed by atoms with Crippen molar-refractivity contribution in [1.82, 2.24) is 0 Å². The van der Waals surface area contributed by atoms with E-state index in [-0.39, 0.29) is 0 Å². The summed E-state index contributed by atoms with van der Waals surface area (Å²) in [5, 5.41) is 12.2. The van der Waals surface area contributed by atoms with Gasteiger partial charge in [0.15, 0.2) is 0 Å². The predicted octanol–water partition coefficient (Wildman–Crippen LogP) is 18.2. The van der Waals surface area contributed by atoms with E-state index < -0.39 is 0 Å². The zero-order valence-corrected chi connectivity index (χ0v) is 37.2. The van der Waals surface area contributed by atoms with Crippen molar-refractivity contribution < 1.29 is 0 Å². The Morgan fingerprint density at radius 1 is 0.333 bits per heavy atom. The normalized spacial score (nSPS) is 12.6. The van der Waals surface area contributed by atoms with Gasteiger partial charge in [0.25, 0.3) is 0 Å². The van der Waals surface area contributed by atoms with Crippen molar-refractivity contribution in [2.45, 2.75) is 26.7 Å². The Kier molecular flexibility index (Phi) is 9.80. The molecular weight excluding hydrogens is 797 g/mol. The number of hydrogen-bond acceptors (Lipinski definition) is 2. The predicted molar refractivity (Wildman–Crippen MR) is 284 cm³/mol. The smallest absolute Gasteiger partial charge is 0.0468 e. The Labute approximate surface area is 386 Å². The topological polar surface area (TPSA) is 6.48 Å². The number of nitrogens with zero attached hydrogens (tertiary/aromatic N) is 2. The molecular formula is C64H48N2. The van der Waals surface area contributed by atoms with Crippen molar-refractivity contribution in [3.05, 3.63) is 247 Å². The number of aryl methyl sites for hydroxylation is 2. The Bertz CT molecular complexity index is 3720. The van der Waals surface area contributed by atoms with Crippen LogP contribution in [0.3, 0.4) is 0 Å². The third-order valence-electron chi connectivity index (χ3n) is 13.4. The van der Waals surface area contributed by atoms with E-state index in [9.17, 15) is 0 Å². The molecule has 66 heavy (non-hydrogen) atoms. The van der Waals surface area contributed by atoms with E-state index in [0.29, 0.717) is 0 Å². The van der Waals surface area contributed by atoms with Gasteiger partial charge >= 0.3 is 0 Å². The first-order chi connectivity index (χ1) is 32.5. The van der Waals surface area contributed by atoms with E-state index in [0.717, 1.165) is 41.3 Å². The Balaban J connectivity index is 1.19. The van der Waals surface area contributed by atoms with Crippen LogP contribution in [-0.2, 0) is 0 Å². The molecule has 0 heterocycles. The second-order valence-corrected chi connectivity index (χ2v) is 17.8. The molecule has 0 aromatic heterocycles. The minimum atomic E-state index is 1.01. The van der Waals surface area contributed by atoms with E-state index in [4.69, 9.17) is 0 Å². The number of anilines is 5. The SMILES string of the molecule is Cc1cc(C)cc(-c2c3cc(N(c4ccccc4)c4ccc5ccccc5c4)ccc3c(-c3cccc4ccccc34)c3cc(N(C4=CCCC=C4)c4ccc5ccccc5c4)ccc23)c1. The van der Waals surface area contributed by atoms with E-state index in [2.05, 4.69) is 254 Å². The highest BCUT2D eigenvalue weighted by Gasteiger charge is 2.24. The lowest BCUT2D eigenvalue weighted by molar-refractivity contribution is 0.998. The largest absolute Gasteiger partial charge is 0.311 e. The zero-order chi connectivity index (χ0) is 44.1. The first-order valence-electron chi connectivity index (χ1n) is 23.1. The maximum Gasteiger partial charge on any atom is 0.0468 e. The molecule has 1 aliphatic rings. The quantitative estimate of drug-likeness (QED) is 0.141. The van der Waals surface area contributed by atoms with Gasteiger partial charge in [0.1, 0.15) is 0 Å². The van der Waals surface area contributed by atoms with Crippen LogP contribution in [0.5, 0.6) is 0 Å². The molecule has 0 N–H and O–H groups in total. The number of fused-ring (bicyclic) bond motifs is 5. The molecule has 2 nitrogen and oxygen atoms in total. The zero-order valence-electron chi connectivity index (χ0n) is 37.2. The molecule has 1 aliphatic carbocycles. The van der Waals surface area contributed by atoms with E-state index in [1.807, 2.05) is 0 Å². The lowest BCUT2D eigenvalue weighted by Crippen LogP contribution is -2.16. The van der Waals surface area contributed by atoms with Crippen LogP contribution in [0.1, 0.15) is 24.0 Å². The summed E-state index contributed by atoms with van der Waals surface area (Å²) in [5.74, 6) is 0. The van der Waals surface area contributed by atoms with Gasteiger partial charge in [-0.15, -0.1) is 0 Å². The van der Waals surface area contributed by atoms with Crippen molar-refractivity contribution in [3.63, 3.8) is 0 Å². The van der Waals surface area contributed by atoms with Crippen LogP contribution >= 0.6 is 0 Å². The summed E-state index contributed by atoms with van der Waals surface area (Å²) in [6, 6.07) is 78.8. The van der Waals surface area contributed by atoms with Gasteiger partial charge < -0.3 is 9.80 Å². The lowest BCUT2D eigenvalue weighted by atomic mass is 9.83. The summed E-state index contributed by atoms with van der Waals surface area (Å²) in [5.41, 5.74) is 14.2. The molecule has 11 aromatic rings. The Morgan fingerprint density at radius 3 is 1.53 bits per heavy atom. The summed E-state index contributed by atoms with van der Waals surface area (Å²) in [6.45, 7) is 4.44. The van der Waals surface area contributed by atoms with Crippen LogP contribution in [0.4, 0.5) is 28.4 Å². The maximum atomic E-state index is 2.47. The first-order valence-corrected chi connectivity index (χ1v) is 23.1. The molecule has 12 rings (SSSR count). The molecule has 0 saturated heterocycles. The van der Waals surface area contributed by atoms with Crippen molar-refractivity contribution in [3.8, 4) is 22.3 Å². The number of rotatable bonds is 8. The highest BCUT2D eigenvalue weighted by molar-refractivity contribution is 6.24. The maximum absolute atomic E-state index is 2.47. The van der Waals surface area contributed by atoms with Gasteiger partial charge in [-0.2, -0.15) is 0 Å². The number of hydrogen-bond donors (Lipinski definition) is 0. The fourth-order valence-electron chi connectivity index (χ4n) is 10.5. The van der Waals surface area contributed by atoms with E-state index in [1.54, 1.807) is 0 Å². The molecule has 11 aromatic carbocycles. The summed E-state index contributed by atoms with van der Waals surface area (Å²) >= 11 is 0. The van der Waals surface area contributed by atoms with Gasteiger partial charge in [-0.25, -0.2) is 0 Å². The highest BCUT2D eigenvalue weighted by Crippen LogP contribution is 2.49. The average molecular weight is 845 g/mol. The molecule has 0 unspecified atom stereocenters. The standard InChI is InChI=1S/C64H48N2/c1-43-36-44(2)38-50(37-43)63-59-34-32-56(66(52-24-7-4-8-25-52)54-31-29-46-17-10-12-20-49(46)40-54)42-62(59)64(58-27-15-21-47-18-13-14-26-57(47)58)60-35-33-55(41-61(60)63)65(51-22-5-3-6-23-51)53-30-28-45-16-9-11-19-48(45)39-53/h3,5-7,9-42H,4,8H2,1-2H3. The Hall–Kier alpha value is -8.20. The fourth-order valence-corrected chi connectivity index (χ4v) is 10.5. The third kappa shape index (κ3) is 6.99. The van der Waals surface area contributed by atoms with Crippen LogP contribution in [0.15, 0.2) is 236 Å². The summed E-state index contributed by atoms with van der Waals surface area (Å²) in [4.78, 5) is 4.87. The van der Waals surface area contributed by atoms with Crippen LogP contribution < -0.4 is 9.80 Å². The molecule has 314 valence electrons. The molecule has 2 heteroatoms. The monoisotopic (exact) mass is 844 g/mol. The van der Waals surface area contributed by atoms with Crippen LogP contribution in [0, 0.1) is 13.8 Å². The molecule has 0 amide bonds. The second-order valence-electron chi connectivity index (χ2n) is 17.8. The van der Waals surface area contributed by atoms with Gasteiger partial charge in [-0.1, -0.05) is 175 Å². The Morgan fingerprint density at radius 2 is 0.864 bits per heavy atom. The van der Waals surface area contributed by atoms with Gasteiger partial charge in [-0.05, 0) is 170 Å². The molecule has 0 radical (unpaired) electrons. The highest BCUT2D eigenvalue weighted by atomic mass is 15.1. The van der Waals surface area contributed by atoms with E-state index >= 15 is 0 Å². The van der Waals surface area contributed by atoms with Crippen molar-refractivity contribution >= 4 is 82.3 Å². The fraction of sp³-hybridized carbons (Fsp3) is 0.0625. The molecule has 0 saturated carbocycles. The molecule has 0 fully saturated rings. The summed E-state index contributed by atoms with van der Waals surface area (Å²) in [6.07, 6.45) is 9.06. The van der Waals surface area contributed by atoms with Crippen molar-refractivity contribution in [2.24, 2.45) is 0 Å². The van der Waals surface area contributed by atoms with Crippen LogP contribution in [-0.4, -0.2) is 0 Å². The first kappa shape index (κ1) is 39.4. The summed E-state index contributed by atoms with van der Waals surface area (Å²) < 4.78 is 0. The van der Waals surface area contributed by atoms with Crippen molar-refractivity contribution in [1.29, 1.82) is 0 Å². The minimum Gasteiger partial charge on any atom is -0.311 e. The number of benzene rings is 11. The molecule has 0 bridgehead atoms.